The van der Waals surface area contributed by atoms with Gasteiger partial charge in [-0.05, 0) is 48.0 Å². The zero-order valence-electron chi connectivity index (χ0n) is 13.8. The third kappa shape index (κ3) is 5.07. The molecule has 0 saturated heterocycles. The molecule has 1 aliphatic rings. The topological polar surface area (TPSA) is 50.7 Å². The van der Waals surface area contributed by atoms with Crippen LogP contribution in [0.1, 0.15) is 22.3 Å². The predicted octanol–water partition coefficient (Wildman–Crippen LogP) is 5.28. The summed E-state index contributed by atoms with van der Waals surface area (Å²) < 4.78 is 6.67. The number of hydrogen-bond acceptors (Lipinski definition) is 3. The lowest BCUT2D eigenvalue weighted by Gasteiger charge is -2.13. The van der Waals surface area contributed by atoms with Crippen molar-refractivity contribution < 1.29 is 9.53 Å². The van der Waals surface area contributed by atoms with Gasteiger partial charge in [-0.1, -0.05) is 39.7 Å². The molecule has 0 aromatic heterocycles. The Morgan fingerprint density at radius 1 is 1.27 bits per heavy atom. The first kappa shape index (κ1) is 18.4. The zero-order chi connectivity index (χ0) is 18.4. The summed E-state index contributed by atoms with van der Waals surface area (Å²) in [5, 5.41) is 3.56. The van der Waals surface area contributed by atoms with Gasteiger partial charge < -0.3 is 10.1 Å². The Morgan fingerprint density at radius 2 is 2.15 bits per heavy atom. The van der Waals surface area contributed by atoms with Crippen molar-refractivity contribution in [2.24, 2.45) is 4.99 Å². The molecule has 0 fully saturated rings. The lowest BCUT2D eigenvalue weighted by Crippen LogP contribution is -2.23. The summed E-state index contributed by atoms with van der Waals surface area (Å²) in [6.45, 7) is 0.320. The van der Waals surface area contributed by atoms with Gasteiger partial charge in [-0.15, -0.1) is 0 Å². The van der Waals surface area contributed by atoms with Gasteiger partial charge in [0.25, 0.3) is 5.91 Å². The molecule has 1 amide bonds. The van der Waals surface area contributed by atoms with Crippen molar-refractivity contribution in [2.45, 2.75) is 13.0 Å². The highest BCUT2D eigenvalue weighted by atomic mass is 79.9. The van der Waals surface area contributed by atoms with Crippen molar-refractivity contribution >= 4 is 39.7 Å². The van der Waals surface area contributed by atoms with Crippen LogP contribution in [0.3, 0.4) is 0 Å². The molecule has 2 aromatic carbocycles. The van der Waals surface area contributed by atoms with Gasteiger partial charge in [0.05, 0.1) is 5.56 Å². The standard InChI is InChI=1S/C20H16BrClN2O2/c21-15-6-7-19(26-13-14-3-1-4-16(22)11-14)18(12-15)20(25)24-17-5-2-9-23-10-8-17/h1-7,9-12H,8,13H2,(H,24,25). The number of hydrogen-bond donors (Lipinski definition) is 1. The molecule has 0 aliphatic carbocycles. The van der Waals surface area contributed by atoms with Crippen LogP contribution in [0.2, 0.25) is 5.02 Å². The molecular formula is C20H16BrClN2O2. The fourth-order valence-corrected chi connectivity index (χ4v) is 2.96. The number of ether oxygens (including phenoxy) is 1. The van der Waals surface area contributed by atoms with Crippen LogP contribution in [0, 0.1) is 0 Å². The second-order valence-electron chi connectivity index (χ2n) is 5.58. The van der Waals surface area contributed by atoms with Gasteiger partial charge in [-0.3, -0.25) is 9.79 Å². The molecular weight excluding hydrogens is 416 g/mol. The molecule has 6 heteroatoms. The molecule has 0 saturated carbocycles. The number of carbonyl (C=O) groups is 1. The minimum atomic E-state index is -0.234. The predicted molar refractivity (Wildman–Crippen MR) is 108 cm³/mol. The van der Waals surface area contributed by atoms with Crippen molar-refractivity contribution in [3.05, 3.63) is 87.1 Å². The number of nitrogens with one attached hydrogen (secondary N) is 1. The third-order valence-corrected chi connectivity index (χ3v) is 4.36. The summed E-state index contributed by atoms with van der Waals surface area (Å²) in [7, 11) is 0. The molecule has 1 N–H and O–H groups in total. The lowest BCUT2D eigenvalue weighted by atomic mass is 10.1. The van der Waals surface area contributed by atoms with Gasteiger partial charge >= 0.3 is 0 Å². The van der Waals surface area contributed by atoms with E-state index in [1.54, 1.807) is 30.6 Å². The molecule has 0 spiro atoms. The van der Waals surface area contributed by atoms with E-state index in [-0.39, 0.29) is 5.91 Å². The second-order valence-corrected chi connectivity index (χ2v) is 6.93. The molecule has 4 nitrogen and oxygen atoms in total. The average Bonchev–Trinajstić information content (AvgIpc) is 2.89. The second kappa shape index (κ2) is 8.83. The number of nitrogens with zero attached hydrogens (tertiary/aromatic N) is 1. The van der Waals surface area contributed by atoms with Crippen molar-refractivity contribution in [1.82, 2.24) is 5.32 Å². The quantitative estimate of drug-likeness (QED) is 0.700. The molecule has 0 unspecified atom stereocenters. The molecule has 1 aliphatic heterocycles. The van der Waals surface area contributed by atoms with Crippen LogP contribution in [0.15, 0.2) is 76.0 Å². The minimum Gasteiger partial charge on any atom is -0.488 e. The Hall–Kier alpha value is -2.37. The monoisotopic (exact) mass is 430 g/mol. The number of rotatable bonds is 5. The largest absolute Gasteiger partial charge is 0.488 e. The zero-order valence-corrected chi connectivity index (χ0v) is 16.1. The molecule has 26 heavy (non-hydrogen) atoms. The first-order chi connectivity index (χ1) is 12.6. The highest BCUT2D eigenvalue weighted by Crippen LogP contribution is 2.25. The van der Waals surface area contributed by atoms with Gasteiger partial charge in [-0.25, -0.2) is 0 Å². The SMILES string of the molecule is O=C(NC1=CC=CN=CC1)c1cc(Br)ccc1OCc1cccc(Cl)c1. The number of aliphatic imine (C=N–C) groups is 1. The van der Waals surface area contributed by atoms with E-state index < -0.39 is 0 Å². The Balaban J connectivity index is 1.76. The van der Waals surface area contributed by atoms with E-state index in [2.05, 4.69) is 26.2 Å². The number of halogens is 2. The maximum atomic E-state index is 12.7. The fraction of sp³-hybridized carbons (Fsp3) is 0.100. The molecule has 1 heterocycles. The van der Waals surface area contributed by atoms with Crippen LogP contribution in [0.4, 0.5) is 0 Å². The molecule has 0 radical (unpaired) electrons. The van der Waals surface area contributed by atoms with Gasteiger partial charge in [0.2, 0.25) is 0 Å². The highest BCUT2D eigenvalue weighted by Gasteiger charge is 2.15. The molecule has 0 atom stereocenters. The number of amides is 1. The first-order valence-corrected chi connectivity index (χ1v) is 9.14. The van der Waals surface area contributed by atoms with Crippen LogP contribution in [-0.4, -0.2) is 12.1 Å². The van der Waals surface area contributed by atoms with E-state index in [1.807, 2.05) is 36.4 Å². The number of benzene rings is 2. The Morgan fingerprint density at radius 3 is 3.00 bits per heavy atom. The average molecular weight is 432 g/mol. The Bertz CT molecular complexity index is 906. The molecule has 0 bridgehead atoms. The van der Waals surface area contributed by atoms with Gasteiger partial charge in [0.1, 0.15) is 12.4 Å². The normalized spacial score (nSPS) is 13.1. The number of carbonyl (C=O) groups excluding carboxylic acids is 1. The van der Waals surface area contributed by atoms with Crippen LogP contribution in [0.25, 0.3) is 0 Å². The third-order valence-electron chi connectivity index (χ3n) is 3.63. The summed E-state index contributed by atoms with van der Waals surface area (Å²) in [5.74, 6) is 0.270. The van der Waals surface area contributed by atoms with E-state index >= 15 is 0 Å². The molecule has 3 rings (SSSR count). The summed E-state index contributed by atoms with van der Waals surface area (Å²) in [6, 6.07) is 12.8. The van der Waals surface area contributed by atoms with Gasteiger partial charge in [-0.2, -0.15) is 0 Å². The van der Waals surface area contributed by atoms with Crippen LogP contribution >= 0.6 is 27.5 Å². The summed E-state index contributed by atoms with van der Waals surface area (Å²) >= 11 is 9.41. The van der Waals surface area contributed by atoms with Crippen LogP contribution < -0.4 is 10.1 Å². The fourth-order valence-electron chi connectivity index (χ4n) is 2.39. The van der Waals surface area contributed by atoms with E-state index in [9.17, 15) is 4.79 Å². The Labute approximate surface area is 165 Å². The van der Waals surface area contributed by atoms with Gasteiger partial charge in [0, 0.05) is 34.0 Å². The highest BCUT2D eigenvalue weighted by molar-refractivity contribution is 9.10. The van der Waals surface area contributed by atoms with E-state index in [0.29, 0.717) is 29.4 Å². The van der Waals surface area contributed by atoms with Crippen LogP contribution in [-0.2, 0) is 6.61 Å². The molecule has 132 valence electrons. The number of allylic oxidation sites excluding steroid dienone is 3. The van der Waals surface area contributed by atoms with Crippen LogP contribution in [0.5, 0.6) is 5.75 Å². The van der Waals surface area contributed by atoms with Crippen molar-refractivity contribution in [3.63, 3.8) is 0 Å². The Kier molecular flexibility index (Phi) is 6.26. The minimum absolute atomic E-state index is 0.234. The van der Waals surface area contributed by atoms with Crippen molar-refractivity contribution in [3.8, 4) is 5.75 Å². The molecule has 2 aromatic rings. The first-order valence-electron chi connectivity index (χ1n) is 7.97. The van der Waals surface area contributed by atoms with E-state index in [1.165, 1.54) is 0 Å². The van der Waals surface area contributed by atoms with Gasteiger partial charge in [0.15, 0.2) is 0 Å². The van der Waals surface area contributed by atoms with E-state index in [4.69, 9.17) is 16.3 Å². The lowest BCUT2D eigenvalue weighted by molar-refractivity contribution is 0.0961. The van der Waals surface area contributed by atoms with E-state index in [0.717, 1.165) is 15.7 Å². The maximum Gasteiger partial charge on any atom is 0.259 e. The smallest absolute Gasteiger partial charge is 0.259 e. The van der Waals surface area contributed by atoms with Crippen molar-refractivity contribution in [2.75, 3.05) is 0 Å². The summed E-state index contributed by atoms with van der Waals surface area (Å²) in [6.07, 6.45) is 7.60. The maximum absolute atomic E-state index is 12.7. The van der Waals surface area contributed by atoms with Crippen molar-refractivity contribution in [1.29, 1.82) is 0 Å². The summed E-state index contributed by atoms with van der Waals surface area (Å²) in [4.78, 5) is 16.8. The summed E-state index contributed by atoms with van der Waals surface area (Å²) in [5.41, 5.74) is 2.15.